The molecule has 37 heavy (non-hydrogen) atoms. The van der Waals surface area contributed by atoms with E-state index < -0.39 is 29.0 Å². The van der Waals surface area contributed by atoms with E-state index in [4.69, 9.17) is 4.74 Å². The Morgan fingerprint density at radius 1 is 1.00 bits per heavy atom. The van der Waals surface area contributed by atoms with Gasteiger partial charge in [0.2, 0.25) is 0 Å². The zero-order chi connectivity index (χ0) is 27.4. The molecule has 0 unspecified atom stereocenters. The molecular weight excluding hydrogens is 468 g/mol. The number of aliphatic hydroxyl groups excluding tert-OH is 3. The van der Waals surface area contributed by atoms with E-state index in [0.29, 0.717) is 12.8 Å². The normalized spacial score (nSPS) is 54.7. The molecule has 4 saturated carbocycles. The minimum atomic E-state index is -0.957. The molecule has 0 aromatic carbocycles. The van der Waals surface area contributed by atoms with E-state index in [2.05, 4.69) is 40.7 Å². The third kappa shape index (κ3) is 3.34. The number of rotatable bonds is 3. The average Bonchev–Trinajstić information content (AvgIpc) is 2.82. The maximum absolute atomic E-state index is 12.9. The van der Waals surface area contributed by atoms with Crippen molar-refractivity contribution in [3.63, 3.8) is 0 Å². The van der Waals surface area contributed by atoms with Crippen LogP contribution in [0.4, 0.5) is 0 Å². The van der Waals surface area contributed by atoms with Gasteiger partial charge in [-0.3, -0.25) is 4.79 Å². The van der Waals surface area contributed by atoms with Crippen LogP contribution >= 0.6 is 0 Å². The molecule has 0 aromatic rings. The first-order chi connectivity index (χ1) is 17.1. The predicted octanol–water partition coefficient (Wildman–Crippen LogP) is 4.80. The van der Waals surface area contributed by atoms with Crippen LogP contribution in [-0.2, 0) is 9.53 Å². The van der Waals surface area contributed by atoms with Gasteiger partial charge in [0.1, 0.15) is 0 Å². The van der Waals surface area contributed by atoms with Gasteiger partial charge in [0.15, 0.2) is 0 Å². The number of carbonyl (C=O) groups is 1. The van der Waals surface area contributed by atoms with Crippen LogP contribution in [0.5, 0.6) is 0 Å². The van der Waals surface area contributed by atoms with Gasteiger partial charge in [-0.05, 0) is 84.9 Å². The molecule has 0 spiro atoms. The molecular formula is C31H50O6. The summed E-state index contributed by atoms with van der Waals surface area (Å²) in [7, 11) is 1.76. The van der Waals surface area contributed by atoms with Crippen LogP contribution in [0.15, 0.2) is 11.6 Å². The van der Waals surface area contributed by atoms with Crippen molar-refractivity contribution in [3.05, 3.63) is 11.6 Å². The van der Waals surface area contributed by atoms with Crippen LogP contribution < -0.4 is 0 Å². The van der Waals surface area contributed by atoms with Gasteiger partial charge in [0.25, 0.3) is 0 Å². The van der Waals surface area contributed by atoms with Gasteiger partial charge in [-0.25, -0.2) is 0 Å². The molecule has 5 aliphatic carbocycles. The SMILES string of the molecule is CO[C@@H]1C=C2[C@@H]3CC(C)(C)CC[C@]3(C(=O)O)CC[C@@]2(C)[C@]2(C)CC[C@@H]3[C@](C)(C[C@@H](O)[C@H](O)[C@@]3(C)CO)[C@@H]12. The molecule has 5 aliphatic rings. The number of hydrogen-bond donors (Lipinski definition) is 4. The number of aliphatic carboxylic acids is 1. The number of carboxylic acid groups (broad SMARTS) is 1. The molecule has 6 heteroatoms. The Bertz CT molecular complexity index is 990. The Labute approximate surface area is 222 Å². The Balaban J connectivity index is 1.68. The summed E-state index contributed by atoms with van der Waals surface area (Å²) >= 11 is 0. The zero-order valence-electron chi connectivity index (χ0n) is 24.0. The molecule has 210 valence electrons. The lowest BCUT2D eigenvalue weighted by molar-refractivity contribution is -0.259. The minimum absolute atomic E-state index is 0.00469. The number of hydrogen-bond acceptors (Lipinski definition) is 5. The Hall–Kier alpha value is -0.950. The number of allylic oxidation sites excluding steroid dienone is 1. The number of methoxy groups -OCH3 is 1. The van der Waals surface area contributed by atoms with Crippen molar-refractivity contribution in [2.45, 2.75) is 111 Å². The second-order valence-corrected chi connectivity index (χ2v) is 15.4. The summed E-state index contributed by atoms with van der Waals surface area (Å²) in [6, 6.07) is 0. The maximum Gasteiger partial charge on any atom is 0.310 e. The number of fused-ring (bicyclic) bond motifs is 7. The standard InChI is InChI=1S/C31H50O6/c1-26(2)10-12-31(25(35)36)13-11-29(5)18(19(31)15-26)14-21(37-7)23-27(3)16-20(33)24(34)28(4,17-32)22(27)8-9-30(23,29)6/h14,19-24,32-34H,8-13,15-17H2,1-7H3,(H,35,36)/t19-,20+,21+,22+,23+,24-,27-,28-,29+,30+,31-/m0/s1. The maximum atomic E-state index is 12.9. The van der Waals surface area contributed by atoms with Crippen LogP contribution in [0, 0.1) is 50.2 Å². The molecule has 0 aliphatic heterocycles. The fraction of sp³-hybridized carbons (Fsp3) is 0.903. The van der Waals surface area contributed by atoms with Gasteiger partial charge in [0, 0.05) is 18.4 Å². The second kappa shape index (κ2) is 8.28. The highest BCUT2D eigenvalue weighted by Crippen LogP contribution is 2.76. The molecule has 0 amide bonds. The quantitative estimate of drug-likeness (QED) is 0.400. The fourth-order valence-corrected chi connectivity index (χ4v) is 11.0. The molecule has 0 radical (unpaired) electrons. The first-order valence-corrected chi connectivity index (χ1v) is 14.5. The van der Waals surface area contributed by atoms with Crippen molar-refractivity contribution in [1.29, 1.82) is 0 Å². The molecule has 4 N–H and O–H groups in total. The summed E-state index contributed by atoms with van der Waals surface area (Å²) in [4.78, 5) is 12.9. The summed E-state index contributed by atoms with van der Waals surface area (Å²) in [5, 5.41) is 43.2. The van der Waals surface area contributed by atoms with E-state index in [1.165, 1.54) is 5.57 Å². The molecule has 0 aromatic heterocycles. The van der Waals surface area contributed by atoms with Crippen LogP contribution in [0.25, 0.3) is 0 Å². The summed E-state index contributed by atoms with van der Waals surface area (Å²) in [5.74, 6) is -0.515. The summed E-state index contributed by atoms with van der Waals surface area (Å²) in [5.41, 5.74) is -0.772. The van der Waals surface area contributed by atoms with E-state index in [0.717, 1.165) is 38.5 Å². The average molecular weight is 519 g/mol. The van der Waals surface area contributed by atoms with Gasteiger partial charge in [0.05, 0.1) is 30.3 Å². The first-order valence-electron chi connectivity index (χ1n) is 14.5. The highest BCUT2D eigenvalue weighted by Gasteiger charge is 2.72. The summed E-state index contributed by atoms with van der Waals surface area (Å²) < 4.78 is 6.29. The van der Waals surface area contributed by atoms with Crippen molar-refractivity contribution in [1.82, 2.24) is 0 Å². The Morgan fingerprint density at radius 2 is 1.65 bits per heavy atom. The summed E-state index contributed by atoms with van der Waals surface area (Å²) in [6.07, 6.45) is 6.59. The van der Waals surface area contributed by atoms with E-state index >= 15 is 0 Å². The van der Waals surface area contributed by atoms with Crippen molar-refractivity contribution in [3.8, 4) is 0 Å². The molecule has 5 rings (SSSR count). The molecule has 0 heterocycles. The van der Waals surface area contributed by atoms with Crippen LogP contribution in [0.3, 0.4) is 0 Å². The first kappa shape index (κ1) is 27.6. The lowest BCUT2D eigenvalue weighted by Gasteiger charge is -2.72. The highest BCUT2D eigenvalue weighted by atomic mass is 16.5. The topological polar surface area (TPSA) is 107 Å². The van der Waals surface area contributed by atoms with E-state index in [1.54, 1.807) is 7.11 Å². The van der Waals surface area contributed by atoms with E-state index in [1.807, 2.05) is 6.92 Å². The predicted molar refractivity (Wildman–Crippen MR) is 142 cm³/mol. The molecule has 6 nitrogen and oxygen atoms in total. The summed E-state index contributed by atoms with van der Waals surface area (Å²) in [6.45, 7) is 13.4. The Kier molecular flexibility index (Phi) is 6.18. The highest BCUT2D eigenvalue weighted by molar-refractivity contribution is 5.76. The lowest BCUT2D eigenvalue weighted by Crippen LogP contribution is -2.70. The minimum Gasteiger partial charge on any atom is -0.481 e. The molecule has 0 bridgehead atoms. The second-order valence-electron chi connectivity index (χ2n) is 15.4. The lowest BCUT2D eigenvalue weighted by atomic mass is 9.33. The Morgan fingerprint density at radius 3 is 2.24 bits per heavy atom. The van der Waals surface area contributed by atoms with Gasteiger partial charge >= 0.3 is 5.97 Å². The molecule has 11 atom stereocenters. The molecule has 4 fully saturated rings. The van der Waals surface area contributed by atoms with Crippen LogP contribution in [0.1, 0.15) is 92.9 Å². The smallest absolute Gasteiger partial charge is 0.310 e. The monoisotopic (exact) mass is 518 g/mol. The van der Waals surface area contributed by atoms with E-state index in [9.17, 15) is 25.2 Å². The fourth-order valence-electron chi connectivity index (χ4n) is 11.0. The van der Waals surface area contributed by atoms with Crippen LogP contribution in [0.2, 0.25) is 0 Å². The van der Waals surface area contributed by atoms with Gasteiger partial charge in [-0.1, -0.05) is 53.2 Å². The number of aliphatic hydroxyl groups is 3. The van der Waals surface area contributed by atoms with Gasteiger partial charge in [-0.2, -0.15) is 0 Å². The number of carboxylic acids is 1. The third-order valence-corrected chi connectivity index (χ3v) is 13.4. The van der Waals surface area contributed by atoms with Gasteiger partial charge < -0.3 is 25.2 Å². The van der Waals surface area contributed by atoms with Crippen molar-refractivity contribution in [2.75, 3.05) is 13.7 Å². The van der Waals surface area contributed by atoms with Crippen LogP contribution in [-0.4, -0.2) is 58.4 Å². The van der Waals surface area contributed by atoms with Crippen molar-refractivity contribution in [2.24, 2.45) is 50.2 Å². The largest absolute Gasteiger partial charge is 0.481 e. The number of ether oxygens (including phenoxy) is 1. The molecule has 0 saturated heterocycles. The van der Waals surface area contributed by atoms with E-state index in [-0.39, 0.29) is 52.1 Å². The van der Waals surface area contributed by atoms with Crippen molar-refractivity contribution < 1.29 is 30.0 Å². The van der Waals surface area contributed by atoms with Gasteiger partial charge in [-0.15, -0.1) is 0 Å². The third-order valence-electron chi connectivity index (χ3n) is 13.4. The van der Waals surface area contributed by atoms with Crippen molar-refractivity contribution >= 4 is 5.97 Å². The zero-order valence-corrected chi connectivity index (χ0v) is 24.0.